The Morgan fingerprint density at radius 1 is 1.00 bits per heavy atom. The van der Waals surface area contributed by atoms with Crippen molar-refractivity contribution in [2.45, 2.75) is 20.4 Å². The minimum Gasteiger partial charge on any atom is -0.492 e. The number of guanidine groups is 1. The Morgan fingerprint density at radius 2 is 1.61 bits per heavy atom. The maximum atomic E-state index is 5.99. The zero-order chi connectivity index (χ0) is 17.2. The van der Waals surface area contributed by atoms with Crippen LogP contribution in [0.2, 0.25) is 0 Å². The van der Waals surface area contributed by atoms with Gasteiger partial charge in [0, 0.05) is 40.3 Å². The van der Waals surface area contributed by atoms with Gasteiger partial charge in [0.15, 0.2) is 5.96 Å². The van der Waals surface area contributed by atoms with Crippen LogP contribution in [0, 0.1) is 0 Å². The molecule has 0 heterocycles. The highest BCUT2D eigenvalue weighted by Crippen LogP contribution is 2.19. The Morgan fingerprint density at radius 3 is 2.17 bits per heavy atom. The van der Waals surface area contributed by atoms with Crippen molar-refractivity contribution in [2.24, 2.45) is 4.99 Å². The van der Waals surface area contributed by atoms with Gasteiger partial charge in [-0.05, 0) is 19.2 Å². The molecule has 0 bridgehead atoms. The van der Waals surface area contributed by atoms with Gasteiger partial charge < -0.3 is 19.4 Å². The largest absolute Gasteiger partial charge is 0.492 e. The van der Waals surface area contributed by atoms with E-state index < -0.39 is 0 Å². The fraction of sp³-hybridized carbons (Fsp3) is 0.611. The summed E-state index contributed by atoms with van der Waals surface area (Å²) in [6, 6.07) is 8.16. The predicted molar refractivity (Wildman–Crippen MR) is 98.2 cm³/mol. The number of aliphatic imine (C=N–C) groups is 1. The number of benzene rings is 1. The third kappa shape index (κ3) is 6.48. The molecule has 1 aromatic carbocycles. The fourth-order valence-electron chi connectivity index (χ4n) is 2.44. The molecular formula is C18H32N4O. The first-order valence-corrected chi connectivity index (χ1v) is 8.31. The zero-order valence-electron chi connectivity index (χ0n) is 15.5. The first-order chi connectivity index (χ1) is 11.0. The number of nitrogens with zero attached hydrogens (tertiary/aromatic N) is 4. The van der Waals surface area contributed by atoms with E-state index in [4.69, 9.17) is 9.73 Å². The number of ether oxygens (including phenoxy) is 1. The lowest BCUT2D eigenvalue weighted by atomic mass is 10.2. The molecule has 0 aromatic heterocycles. The molecule has 0 saturated heterocycles. The van der Waals surface area contributed by atoms with Crippen molar-refractivity contribution in [3.05, 3.63) is 29.8 Å². The summed E-state index contributed by atoms with van der Waals surface area (Å²) < 4.78 is 5.99. The molecule has 0 saturated carbocycles. The SMILES string of the molecule is CCN(CC)CCOc1ccccc1CN=C(N(C)C)N(C)C. The lowest BCUT2D eigenvalue weighted by Gasteiger charge is -2.23. The van der Waals surface area contributed by atoms with Crippen molar-refractivity contribution in [3.63, 3.8) is 0 Å². The second kappa shape index (κ2) is 10.1. The van der Waals surface area contributed by atoms with Crippen molar-refractivity contribution in [2.75, 3.05) is 54.4 Å². The smallest absolute Gasteiger partial charge is 0.195 e. The summed E-state index contributed by atoms with van der Waals surface area (Å²) in [5, 5.41) is 0. The maximum absolute atomic E-state index is 5.99. The quantitative estimate of drug-likeness (QED) is 0.544. The average Bonchev–Trinajstić information content (AvgIpc) is 2.52. The van der Waals surface area contributed by atoms with Crippen LogP contribution < -0.4 is 4.74 Å². The summed E-state index contributed by atoms with van der Waals surface area (Å²) in [4.78, 5) is 11.1. The van der Waals surface area contributed by atoms with E-state index in [-0.39, 0.29) is 0 Å². The zero-order valence-corrected chi connectivity index (χ0v) is 15.5. The molecule has 0 atom stereocenters. The third-order valence-electron chi connectivity index (χ3n) is 3.72. The summed E-state index contributed by atoms with van der Waals surface area (Å²) >= 11 is 0. The van der Waals surface area contributed by atoms with E-state index in [1.807, 2.05) is 56.2 Å². The van der Waals surface area contributed by atoms with Crippen LogP contribution in [-0.4, -0.2) is 75.1 Å². The van der Waals surface area contributed by atoms with Crippen LogP contribution in [0.3, 0.4) is 0 Å². The number of para-hydroxylation sites is 1. The highest BCUT2D eigenvalue weighted by molar-refractivity contribution is 5.79. The van der Waals surface area contributed by atoms with Crippen LogP contribution in [0.25, 0.3) is 0 Å². The van der Waals surface area contributed by atoms with E-state index in [1.54, 1.807) is 0 Å². The minimum atomic E-state index is 0.618. The highest BCUT2D eigenvalue weighted by atomic mass is 16.5. The molecule has 0 spiro atoms. The van der Waals surface area contributed by atoms with Crippen LogP contribution in [0.5, 0.6) is 5.75 Å². The minimum absolute atomic E-state index is 0.618. The van der Waals surface area contributed by atoms with Crippen LogP contribution in [-0.2, 0) is 6.54 Å². The molecule has 23 heavy (non-hydrogen) atoms. The molecule has 5 heteroatoms. The van der Waals surface area contributed by atoms with Crippen LogP contribution in [0.15, 0.2) is 29.3 Å². The normalized spacial score (nSPS) is 10.6. The molecule has 0 amide bonds. The molecular weight excluding hydrogens is 288 g/mol. The summed E-state index contributed by atoms with van der Waals surface area (Å²) in [5.74, 6) is 1.88. The molecule has 1 aromatic rings. The number of hydrogen-bond donors (Lipinski definition) is 0. The summed E-state index contributed by atoms with van der Waals surface area (Å²) in [6.07, 6.45) is 0. The topological polar surface area (TPSA) is 31.3 Å². The first-order valence-electron chi connectivity index (χ1n) is 8.31. The van der Waals surface area contributed by atoms with Crippen molar-refractivity contribution in [1.29, 1.82) is 0 Å². The molecule has 0 fully saturated rings. The van der Waals surface area contributed by atoms with Crippen molar-refractivity contribution < 1.29 is 4.74 Å². The van der Waals surface area contributed by atoms with Gasteiger partial charge in [0.2, 0.25) is 0 Å². The standard InChI is InChI=1S/C18H32N4O/c1-7-22(8-2)13-14-23-17-12-10-9-11-16(17)15-19-18(20(3)4)21(5)6/h9-12H,7-8,13-15H2,1-6H3. The third-order valence-corrected chi connectivity index (χ3v) is 3.72. The Kier molecular flexibility index (Phi) is 8.48. The van der Waals surface area contributed by atoms with E-state index in [1.165, 1.54) is 0 Å². The van der Waals surface area contributed by atoms with Crippen molar-refractivity contribution in [3.8, 4) is 5.75 Å². The molecule has 0 aliphatic rings. The number of rotatable bonds is 8. The lowest BCUT2D eigenvalue weighted by molar-refractivity contribution is 0.221. The highest BCUT2D eigenvalue weighted by Gasteiger charge is 2.07. The Labute approximate surface area is 141 Å². The summed E-state index contributed by atoms with van der Waals surface area (Å²) in [7, 11) is 8.02. The Bertz CT molecular complexity index is 472. The predicted octanol–water partition coefficient (Wildman–Crippen LogP) is 2.39. The molecule has 0 radical (unpaired) electrons. The van der Waals surface area contributed by atoms with E-state index in [9.17, 15) is 0 Å². The van der Waals surface area contributed by atoms with Gasteiger partial charge in [-0.15, -0.1) is 0 Å². The van der Waals surface area contributed by atoms with Gasteiger partial charge in [0.25, 0.3) is 0 Å². The molecule has 130 valence electrons. The second-order valence-corrected chi connectivity index (χ2v) is 5.89. The fourth-order valence-corrected chi connectivity index (χ4v) is 2.44. The summed E-state index contributed by atoms with van der Waals surface area (Å²) in [5.41, 5.74) is 1.12. The molecule has 0 aliphatic carbocycles. The monoisotopic (exact) mass is 320 g/mol. The molecule has 0 unspecified atom stereocenters. The molecule has 5 nitrogen and oxygen atoms in total. The van der Waals surface area contributed by atoms with Gasteiger partial charge in [-0.3, -0.25) is 0 Å². The Balaban J connectivity index is 2.72. The van der Waals surface area contributed by atoms with Gasteiger partial charge in [-0.2, -0.15) is 0 Å². The Hall–Kier alpha value is -1.75. The van der Waals surface area contributed by atoms with Gasteiger partial charge >= 0.3 is 0 Å². The van der Waals surface area contributed by atoms with Gasteiger partial charge in [-0.25, -0.2) is 4.99 Å². The van der Waals surface area contributed by atoms with Gasteiger partial charge in [0.1, 0.15) is 12.4 Å². The number of likely N-dealkylation sites (N-methyl/N-ethyl adjacent to an activating group) is 1. The van der Waals surface area contributed by atoms with E-state index in [2.05, 4.69) is 24.8 Å². The number of hydrogen-bond acceptors (Lipinski definition) is 3. The molecule has 1 rings (SSSR count). The van der Waals surface area contributed by atoms with Gasteiger partial charge in [0.05, 0.1) is 6.54 Å². The second-order valence-electron chi connectivity index (χ2n) is 5.89. The average molecular weight is 320 g/mol. The van der Waals surface area contributed by atoms with Crippen LogP contribution >= 0.6 is 0 Å². The maximum Gasteiger partial charge on any atom is 0.195 e. The van der Waals surface area contributed by atoms with Crippen LogP contribution in [0.1, 0.15) is 19.4 Å². The molecule has 0 N–H and O–H groups in total. The van der Waals surface area contributed by atoms with Crippen molar-refractivity contribution in [1.82, 2.24) is 14.7 Å². The van der Waals surface area contributed by atoms with E-state index in [0.717, 1.165) is 36.9 Å². The van der Waals surface area contributed by atoms with E-state index in [0.29, 0.717) is 13.2 Å². The van der Waals surface area contributed by atoms with Crippen LogP contribution in [0.4, 0.5) is 0 Å². The van der Waals surface area contributed by atoms with Crippen molar-refractivity contribution >= 4 is 5.96 Å². The molecule has 0 aliphatic heterocycles. The summed E-state index contributed by atoms with van der Waals surface area (Å²) in [6.45, 7) is 8.74. The first kappa shape index (κ1) is 19.3. The lowest BCUT2D eigenvalue weighted by Crippen LogP contribution is -2.35. The van der Waals surface area contributed by atoms with E-state index >= 15 is 0 Å². The van der Waals surface area contributed by atoms with Gasteiger partial charge in [-0.1, -0.05) is 32.0 Å².